The van der Waals surface area contributed by atoms with Crippen molar-refractivity contribution in [3.8, 4) is 28.5 Å². The molecule has 0 aliphatic carbocycles. The third-order valence-electron chi connectivity index (χ3n) is 5.33. The SMILES string of the molecule is COCCN1C(=O)c2[nH]nc(-c3cc(C)ccc3O)c2C1c1ccc(O)c(OC)c1. The van der Waals surface area contributed by atoms with Gasteiger partial charge in [0.25, 0.3) is 5.91 Å². The highest BCUT2D eigenvalue weighted by Crippen LogP contribution is 2.45. The Morgan fingerprint density at radius 2 is 1.90 bits per heavy atom. The van der Waals surface area contributed by atoms with Crippen molar-refractivity contribution in [2.24, 2.45) is 0 Å². The number of fused-ring (bicyclic) bond motifs is 1. The Balaban J connectivity index is 1.91. The van der Waals surface area contributed by atoms with Crippen LogP contribution in [0.5, 0.6) is 17.2 Å². The number of benzene rings is 2. The van der Waals surface area contributed by atoms with Crippen LogP contribution in [0.15, 0.2) is 36.4 Å². The van der Waals surface area contributed by atoms with Crippen LogP contribution in [0.25, 0.3) is 11.3 Å². The molecule has 1 unspecified atom stereocenters. The number of phenolic OH excluding ortho intramolecular Hbond substituents is 2. The molecule has 1 atom stereocenters. The molecule has 156 valence electrons. The molecule has 1 amide bonds. The van der Waals surface area contributed by atoms with Gasteiger partial charge >= 0.3 is 0 Å². The fourth-order valence-corrected chi connectivity index (χ4v) is 3.87. The van der Waals surface area contributed by atoms with Gasteiger partial charge in [0.2, 0.25) is 0 Å². The average molecular weight is 409 g/mol. The maximum Gasteiger partial charge on any atom is 0.273 e. The van der Waals surface area contributed by atoms with E-state index in [9.17, 15) is 15.0 Å². The number of carbonyl (C=O) groups is 1. The van der Waals surface area contributed by atoms with Gasteiger partial charge in [0.15, 0.2) is 11.5 Å². The van der Waals surface area contributed by atoms with E-state index >= 15 is 0 Å². The van der Waals surface area contributed by atoms with Gasteiger partial charge in [0, 0.05) is 24.8 Å². The first-order valence-corrected chi connectivity index (χ1v) is 9.51. The first kappa shape index (κ1) is 19.8. The molecule has 3 N–H and O–H groups in total. The number of amides is 1. The number of hydrogen-bond donors (Lipinski definition) is 3. The number of nitrogens with one attached hydrogen (secondary N) is 1. The molecule has 1 aromatic heterocycles. The molecule has 1 aliphatic rings. The van der Waals surface area contributed by atoms with E-state index in [4.69, 9.17) is 9.47 Å². The Morgan fingerprint density at radius 3 is 2.63 bits per heavy atom. The number of H-pyrrole nitrogens is 1. The van der Waals surface area contributed by atoms with Gasteiger partial charge in [-0.25, -0.2) is 0 Å². The average Bonchev–Trinajstić information content (AvgIpc) is 3.28. The summed E-state index contributed by atoms with van der Waals surface area (Å²) in [4.78, 5) is 14.8. The zero-order valence-corrected chi connectivity index (χ0v) is 17.0. The van der Waals surface area contributed by atoms with Crippen LogP contribution in [0, 0.1) is 6.92 Å². The van der Waals surface area contributed by atoms with Gasteiger partial charge in [-0.3, -0.25) is 9.89 Å². The van der Waals surface area contributed by atoms with Gasteiger partial charge in [-0.1, -0.05) is 17.7 Å². The number of aromatic amines is 1. The summed E-state index contributed by atoms with van der Waals surface area (Å²) in [6.07, 6.45) is 0. The summed E-state index contributed by atoms with van der Waals surface area (Å²) < 4.78 is 10.5. The molecule has 0 saturated carbocycles. The van der Waals surface area contributed by atoms with Crippen molar-refractivity contribution in [1.82, 2.24) is 15.1 Å². The number of phenols is 2. The van der Waals surface area contributed by atoms with Gasteiger partial charge in [-0.15, -0.1) is 0 Å². The number of hydrogen-bond acceptors (Lipinski definition) is 6. The van der Waals surface area contributed by atoms with Gasteiger partial charge < -0.3 is 24.6 Å². The lowest BCUT2D eigenvalue weighted by Gasteiger charge is -2.26. The maximum atomic E-state index is 13.2. The summed E-state index contributed by atoms with van der Waals surface area (Å²) in [6, 6.07) is 9.77. The van der Waals surface area contributed by atoms with Crippen LogP contribution in [-0.2, 0) is 4.74 Å². The molecule has 2 aromatic carbocycles. The Kier molecular flexibility index (Phi) is 5.09. The summed E-state index contributed by atoms with van der Waals surface area (Å²) in [5.74, 6) is 0.200. The molecular formula is C22H23N3O5. The normalized spacial score (nSPS) is 15.5. The van der Waals surface area contributed by atoms with E-state index in [1.165, 1.54) is 13.2 Å². The van der Waals surface area contributed by atoms with E-state index in [2.05, 4.69) is 10.2 Å². The van der Waals surface area contributed by atoms with Crippen molar-refractivity contribution < 1.29 is 24.5 Å². The molecule has 0 saturated heterocycles. The van der Waals surface area contributed by atoms with E-state index in [1.54, 1.807) is 30.2 Å². The van der Waals surface area contributed by atoms with Gasteiger partial charge in [-0.05, 0) is 36.8 Å². The highest BCUT2D eigenvalue weighted by Gasteiger charge is 2.42. The molecule has 8 heteroatoms. The summed E-state index contributed by atoms with van der Waals surface area (Å²) in [5, 5.41) is 27.7. The van der Waals surface area contributed by atoms with E-state index < -0.39 is 6.04 Å². The van der Waals surface area contributed by atoms with Crippen LogP contribution in [0.2, 0.25) is 0 Å². The van der Waals surface area contributed by atoms with Crippen molar-refractivity contribution in [3.05, 3.63) is 58.8 Å². The number of carbonyl (C=O) groups excluding carboxylic acids is 1. The van der Waals surface area contributed by atoms with Crippen molar-refractivity contribution in [1.29, 1.82) is 0 Å². The Labute approximate surface area is 173 Å². The molecule has 0 bridgehead atoms. The molecule has 1 aliphatic heterocycles. The van der Waals surface area contributed by atoms with E-state index in [-0.39, 0.29) is 17.4 Å². The van der Waals surface area contributed by atoms with Gasteiger partial charge in [-0.2, -0.15) is 5.10 Å². The molecule has 3 aromatic rings. The minimum atomic E-state index is -0.481. The third kappa shape index (κ3) is 3.15. The number of nitrogens with zero attached hydrogens (tertiary/aromatic N) is 2. The van der Waals surface area contributed by atoms with Crippen LogP contribution >= 0.6 is 0 Å². The quantitative estimate of drug-likeness (QED) is 0.578. The minimum absolute atomic E-state index is 0.0120. The minimum Gasteiger partial charge on any atom is -0.507 e. The Hall–Kier alpha value is -3.52. The highest BCUT2D eigenvalue weighted by atomic mass is 16.5. The number of aromatic nitrogens is 2. The second kappa shape index (κ2) is 7.72. The van der Waals surface area contributed by atoms with E-state index in [1.807, 2.05) is 19.1 Å². The zero-order chi connectivity index (χ0) is 21.4. The maximum absolute atomic E-state index is 13.2. The largest absolute Gasteiger partial charge is 0.507 e. The first-order valence-electron chi connectivity index (χ1n) is 9.51. The van der Waals surface area contributed by atoms with Gasteiger partial charge in [0.1, 0.15) is 17.1 Å². The Morgan fingerprint density at radius 1 is 1.13 bits per heavy atom. The molecule has 0 spiro atoms. The third-order valence-corrected chi connectivity index (χ3v) is 5.33. The summed E-state index contributed by atoms with van der Waals surface area (Å²) in [7, 11) is 3.05. The lowest BCUT2D eigenvalue weighted by molar-refractivity contribution is 0.0677. The second-order valence-electron chi connectivity index (χ2n) is 7.21. The lowest BCUT2D eigenvalue weighted by atomic mass is 9.95. The van der Waals surface area contributed by atoms with E-state index in [0.717, 1.165) is 11.1 Å². The first-order chi connectivity index (χ1) is 14.5. The summed E-state index contributed by atoms with van der Waals surface area (Å²) in [6.45, 7) is 2.65. The van der Waals surface area contributed by atoms with Crippen LogP contribution in [0.1, 0.15) is 33.2 Å². The van der Waals surface area contributed by atoms with Crippen LogP contribution in [-0.4, -0.2) is 58.6 Å². The number of methoxy groups -OCH3 is 2. The molecular weight excluding hydrogens is 386 g/mol. The molecule has 0 fully saturated rings. The summed E-state index contributed by atoms with van der Waals surface area (Å²) >= 11 is 0. The second-order valence-corrected chi connectivity index (χ2v) is 7.21. The topological polar surface area (TPSA) is 108 Å². The smallest absolute Gasteiger partial charge is 0.273 e. The molecule has 30 heavy (non-hydrogen) atoms. The van der Waals surface area contributed by atoms with Gasteiger partial charge in [0.05, 0.1) is 19.8 Å². The Bertz CT molecular complexity index is 1110. The van der Waals surface area contributed by atoms with Crippen LogP contribution < -0.4 is 4.74 Å². The van der Waals surface area contributed by atoms with Crippen molar-refractivity contribution in [3.63, 3.8) is 0 Å². The number of rotatable bonds is 6. The molecule has 8 nitrogen and oxygen atoms in total. The molecule has 4 rings (SSSR count). The summed E-state index contributed by atoms with van der Waals surface area (Å²) in [5.41, 5.74) is 3.82. The highest BCUT2D eigenvalue weighted by molar-refractivity contribution is 6.00. The number of ether oxygens (including phenoxy) is 2. The fraction of sp³-hybridized carbons (Fsp3) is 0.273. The van der Waals surface area contributed by atoms with Crippen LogP contribution in [0.3, 0.4) is 0 Å². The number of aromatic hydroxyl groups is 2. The van der Waals surface area contributed by atoms with Crippen molar-refractivity contribution >= 4 is 5.91 Å². The lowest BCUT2D eigenvalue weighted by Crippen LogP contribution is -2.32. The zero-order valence-electron chi connectivity index (χ0n) is 17.0. The molecule has 2 heterocycles. The van der Waals surface area contributed by atoms with Crippen molar-refractivity contribution in [2.45, 2.75) is 13.0 Å². The predicted molar refractivity (Wildman–Crippen MR) is 110 cm³/mol. The monoisotopic (exact) mass is 409 g/mol. The number of aryl methyl sites for hydroxylation is 1. The molecule has 0 radical (unpaired) electrons. The predicted octanol–water partition coefficient (Wildman–Crippen LogP) is 3.00. The van der Waals surface area contributed by atoms with Crippen LogP contribution in [0.4, 0.5) is 0 Å². The van der Waals surface area contributed by atoms with E-state index in [0.29, 0.717) is 41.4 Å². The standard InChI is InChI=1S/C22H23N3O5/c1-12-4-6-15(26)14(10-12)19-18-20(24-23-19)22(28)25(8-9-29-2)21(18)13-5-7-16(27)17(11-13)30-3/h4-7,10-11,21,26-27H,8-9H2,1-3H3,(H,23,24). The van der Waals surface area contributed by atoms with Crippen molar-refractivity contribution in [2.75, 3.05) is 27.4 Å². The fourth-order valence-electron chi connectivity index (χ4n) is 3.87.